The summed E-state index contributed by atoms with van der Waals surface area (Å²) in [6.07, 6.45) is 23.1. The van der Waals surface area contributed by atoms with Crippen molar-refractivity contribution in [3.63, 3.8) is 0 Å². The predicted molar refractivity (Wildman–Crippen MR) is 139 cm³/mol. The summed E-state index contributed by atoms with van der Waals surface area (Å²) in [4.78, 5) is 9.68. The Balaban J connectivity index is 3.12. The van der Waals surface area contributed by atoms with Crippen molar-refractivity contribution >= 4 is 8.60 Å². The molecule has 5 nitrogen and oxygen atoms in total. The van der Waals surface area contributed by atoms with Gasteiger partial charge in [0.25, 0.3) is 0 Å². The van der Waals surface area contributed by atoms with E-state index in [9.17, 15) is 4.89 Å². The highest BCUT2D eigenvalue weighted by Crippen LogP contribution is 2.32. The number of rotatable bonds is 26. The van der Waals surface area contributed by atoms with Crippen LogP contribution in [0.1, 0.15) is 116 Å². The van der Waals surface area contributed by atoms with Gasteiger partial charge in [-0.05, 0) is 12.8 Å². The Kier molecular flexibility index (Phi) is 24.5. The molecule has 0 bridgehead atoms. The summed E-state index contributed by atoms with van der Waals surface area (Å²) < 4.78 is 17.1. The van der Waals surface area contributed by atoms with Gasteiger partial charge in [-0.15, -0.1) is 0 Å². The topological polar surface area (TPSA) is 47.9 Å². The molecule has 32 heavy (non-hydrogen) atoms. The van der Waals surface area contributed by atoms with E-state index in [1.54, 1.807) is 0 Å². The van der Waals surface area contributed by atoms with Gasteiger partial charge in [0.2, 0.25) is 0 Å². The van der Waals surface area contributed by atoms with E-state index in [2.05, 4.69) is 28.1 Å². The third kappa shape index (κ3) is 28.3. The molecule has 0 rings (SSSR count). The Labute approximate surface area is 202 Å². The minimum atomic E-state index is -1.75. The van der Waals surface area contributed by atoms with Crippen LogP contribution in [-0.2, 0) is 13.8 Å². The first-order chi connectivity index (χ1) is 15.5. The van der Waals surface area contributed by atoms with Gasteiger partial charge in [-0.3, -0.25) is 0 Å². The molecule has 1 unspecified atom stereocenters. The summed E-state index contributed by atoms with van der Waals surface area (Å²) in [5.74, 6) is 0. The zero-order chi connectivity index (χ0) is 23.8. The maximum absolute atomic E-state index is 9.68. The molecule has 0 aliphatic rings. The molecule has 0 aromatic heterocycles. The van der Waals surface area contributed by atoms with Crippen LogP contribution in [0, 0.1) is 0 Å². The van der Waals surface area contributed by atoms with E-state index in [0.717, 1.165) is 30.5 Å². The number of likely N-dealkylation sites (N-methyl/N-ethyl adjacent to an activating group) is 1. The fraction of sp³-hybridized carbons (Fsp3) is 1.00. The van der Waals surface area contributed by atoms with Crippen molar-refractivity contribution in [2.24, 2.45) is 0 Å². The average Bonchev–Trinajstić information content (AvgIpc) is 2.74. The van der Waals surface area contributed by atoms with Gasteiger partial charge < -0.3 is 23.2 Å². The number of nitrogens with zero attached hydrogens (tertiary/aromatic N) is 1. The maximum Gasteiger partial charge on any atom is 0.330 e. The maximum atomic E-state index is 9.68. The van der Waals surface area contributed by atoms with Crippen molar-refractivity contribution in [2.75, 3.05) is 54.1 Å². The van der Waals surface area contributed by atoms with E-state index in [0.29, 0.717) is 19.8 Å². The van der Waals surface area contributed by atoms with Crippen LogP contribution in [-0.4, -0.2) is 63.5 Å². The summed E-state index contributed by atoms with van der Waals surface area (Å²) in [5, 5.41) is 0. The average molecular weight is 479 g/mol. The molecule has 6 heteroatoms. The van der Waals surface area contributed by atoms with Crippen molar-refractivity contribution in [1.82, 2.24) is 0 Å². The number of ether oxygens (including phenoxy) is 1. The van der Waals surface area contributed by atoms with Crippen LogP contribution in [0.3, 0.4) is 0 Å². The van der Waals surface area contributed by atoms with Crippen molar-refractivity contribution in [3.8, 4) is 0 Å². The van der Waals surface area contributed by atoms with E-state index in [-0.39, 0.29) is 0 Å². The zero-order valence-electron chi connectivity index (χ0n) is 22.1. The normalized spacial score (nSPS) is 13.0. The van der Waals surface area contributed by atoms with Gasteiger partial charge in [0.1, 0.15) is 13.2 Å². The molecule has 0 aliphatic heterocycles. The van der Waals surface area contributed by atoms with Crippen LogP contribution in [0.15, 0.2) is 0 Å². The molecule has 0 radical (unpaired) electrons. The lowest BCUT2D eigenvalue weighted by molar-refractivity contribution is -0.870. The van der Waals surface area contributed by atoms with Gasteiger partial charge in [0.15, 0.2) is 0 Å². The van der Waals surface area contributed by atoms with Crippen molar-refractivity contribution < 1.29 is 23.2 Å². The molecular weight excluding hydrogens is 421 g/mol. The lowest BCUT2D eigenvalue weighted by atomic mass is 10.0. The SMILES string of the molecule is CCCCCCCCCCCCCCCCCCOCCCOP(O)OCC[N+](C)(C)C. The summed E-state index contributed by atoms with van der Waals surface area (Å²) in [6.45, 7) is 5.68. The Morgan fingerprint density at radius 1 is 0.531 bits per heavy atom. The Bertz CT molecular complexity index is 366. The molecular formula is C26H57NO4P+. The van der Waals surface area contributed by atoms with Crippen LogP contribution < -0.4 is 0 Å². The number of unbranched alkanes of at least 4 members (excludes halogenated alkanes) is 15. The largest absolute Gasteiger partial charge is 0.381 e. The molecule has 194 valence electrons. The van der Waals surface area contributed by atoms with Gasteiger partial charge in [0.05, 0.1) is 27.7 Å². The number of hydrogen-bond acceptors (Lipinski definition) is 4. The van der Waals surface area contributed by atoms with Crippen molar-refractivity contribution in [3.05, 3.63) is 0 Å². The number of hydrogen-bond donors (Lipinski definition) is 1. The molecule has 1 N–H and O–H groups in total. The van der Waals surface area contributed by atoms with E-state index >= 15 is 0 Å². The predicted octanol–water partition coefficient (Wildman–Crippen LogP) is 7.61. The lowest BCUT2D eigenvalue weighted by Crippen LogP contribution is -2.37. The molecule has 0 heterocycles. The van der Waals surface area contributed by atoms with E-state index < -0.39 is 8.60 Å². The second kappa shape index (κ2) is 24.4. The first-order valence-electron chi connectivity index (χ1n) is 13.6. The van der Waals surface area contributed by atoms with Crippen LogP contribution in [0.2, 0.25) is 0 Å². The van der Waals surface area contributed by atoms with Gasteiger partial charge in [-0.1, -0.05) is 103 Å². The molecule has 1 atom stereocenters. The van der Waals surface area contributed by atoms with Gasteiger partial charge in [-0.25, -0.2) is 0 Å². The highest BCUT2D eigenvalue weighted by atomic mass is 31.2. The monoisotopic (exact) mass is 478 g/mol. The van der Waals surface area contributed by atoms with Gasteiger partial charge in [-0.2, -0.15) is 0 Å². The van der Waals surface area contributed by atoms with Crippen LogP contribution >= 0.6 is 8.60 Å². The fourth-order valence-corrected chi connectivity index (χ4v) is 4.19. The van der Waals surface area contributed by atoms with Gasteiger partial charge >= 0.3 is 8.60 Å². The van der Waals surface area contributed by atoms with Crippen LogP contribution in [0.5, 0.6) is 0 Å². The fourth-order valence-electron chi connectivity index (χ4n) is 3.59. The summed E-state index contributed by atoms with van der Waals surface area (Å²) in [5.41, 5.74) is 0. The Morgan fingerprint density at radius 2 is 0.938 bits per heavy atom. The third-order valence-corrected chi connectivity index (χ3v) is 6.55. The lowest BCUT2D eigenvalue weighted by Gasteiger charge is -2.23. The van der Waals surface area contributed by atoms with Crippen LogP contribution in [0.4, 0.5) is 0 Å². The third-order valence-electron chi connectivity index (χ3n) is 5.74. The minimum absolute atomic E-state index is 0.492. The number of quaternary nitrogens is 1. The van der Waals surface area contributed by atoms with E-state index in [1.165, 1.54) is 96.3 Å². The molecule has 0 fully saturated rings. The quantitative estimate of drug-likeness (QED) is 0.0789. The molecule has 0 aliphatic carbocycles. The Morgan fingerprint density at radius 3 is 1.41 bits per heavy atom. The highest BCUT2D eigenvalue weighted by molar-refractivity contribution is 7.40. The molecule has 0 spiro atoms. The zero-order valence-corrected chi connectivity index (χ0v) is 23.0. The molecule has 0 aromatic carbocycles. The summed E-state index contributed by atoms with van der Waals surface area (Å²) in [7, 11) is 4.55. The standard InChI is InChI=1S/C26H57NO4P/c1-5-6-7-8-9-10-11-12-13-14-15-16-17-18-19-20-23-29-24-21-25-30-32(28)31-26-22-27(2,3)4/h28H,5-26H2,1-4H3/q+1. The second-order valence-electron chi connectivity index (χ2n) is 10.2. The molecule has 0 amide bonds. The summed E-state index contributed by atoms with van der Waals surface area (Å²) in [6, 6.07) is 0. The first-order valence-corrected chi connectivity index (χ1v) is 14.7. The second-order valence-corrected chi connectivity index (χ2v) is 11.2. The Hall–Kier alpha value is 0.230. The molecule has 0 aromatic rings. The van der Waals surface area contributed by atoms with E-state index in [1.807, 2.05) is 0 Å². The van der Waals surface area contributed by atoms with Crippen LogP contribution in [0.25, 0.3) is 0 Å². The van der Waals surface area contributed by atoms with Crippen molar-refractivity contribution in [1.29, 1.82) is 0 Å². The summed E-state index contributed by atoms with van der Waals surface area (Å²) >= 11 is 0. The first kappa shape index (κ1) is 32.2. The molecule has 0 saturated heterocycles. The van der Waals surface area contributed by atoms with Crippen molar-refractivity contribution in [2.45, 2.75) is 116 Å². The smallest absolute Gasteiger partial charge is 0.330 e. The van der Waals surface area contributed by atoms with Gasteiger partial charge in [0, 0.05) is 13.2 Å². The molecule has 0 saturated carbocycles. The van der Waals surface area contributed by atoms with E-state index in [4.69, 9.17) is 13.8 Å². The minimum Gasteiger partial charge on any atom is -0.381 e. The highest BCUT2D eigenvalue weighted by Gasteiger charge is 2.11.